The van der Waals surface area contributed by atoms with Gasteiger partial charge in [-0.15, -0.1) is 5.10 Å². The summed E-state index contributed by atoms with van der Waals surface area (Å²) >= 11 is 1.01. The lowest BCUT2D eigenvalue weighted by atomic mass is 10.2. The van der Waals surface area contributed by atoms with Gasteiger partial charge in [0.1, 0.15) is 5.82 Å². The number of carbonyl (C=O) groups is 2. The van der Waals surface area contributed by atoms with Crippen LogP contribution in [0.25, 0.3) is 0 Å². The van der Waals surface area contributed by atoms with E-state index in [1.807, 2.05) is 0 Å². The lowest BCUT2D eigenvalue weighted by Crippen LogP contribution is -2.13. The first-order chi connectivity index (χ1) is 8.58. The number of carboxylic acid groups (broad SMARTS) is 1. The number of benzene rings is 1. The van der Waals surface area contributed by atoms with Gasteiger partial charge in [-0.3, -0.25) is 4.79 Å². The van der Waals surface area contributed by atoms with Gasteiger partial charge in [-0.2, -0.15) is 0 Å². The lowest BCUT2D eigenvalue weighted by molar-refractivity contribution is 0.0692. The summed E-state index contributed by atoms with van der Waals surface area (Å²) < 4.78 is 16.9. The van der Waals surface area contributed by atoms with Crippen molar-refractivity contribution in [2.45, 2.75) is 0 Å². The van der Waals surface area contributed by atoms with E-state index in [0.29, 0.717) is 0 Å². The van der Waals surface area contributed by atoms with E-state index < -0.39 is 23.3 Å². The van der Waals surface area contributed by atoms with Gasteiger partial charge in [0.2, 0.25) is 0 Å². The molecule has 1 amide bonds. The topological polar surface area (TPSA) is 92.2 Å². The van der Waals surface area contributed by atoms with E-state index in [1.165, 1.54) is 11.4 Å². The number of rotatable bonds is 3. The van der Waals surface area contributed by atoms with E-state index in [2.05, 4.69) is 14.9 Å². The second-order valence-electron chi connectivity index (χ2n) is 3.24. The van der Waals surface area contributed by atoms with E-state index in [0.717, 1.165) is 23.7 Å². The summed E-state index contributed by atoms with van der Waals surface area (Å²) in [5, 5.41) is 16.0. The fraction of sp³-hybridized carbons (Fsp3) is 0. The third-order valence-corrected chi connectivity index (χ3v) is 2.55. The van der Waals surface area contributed by atoms with Crippen LogP contribution in [-0.4, -0.2) is 26.6 Å². The van der Waals surface area contributed by atoms with Crippen molar-refractivity contribution in [3.05, 3.63) is 40.7 Å². The van der Waals surface area contributed by atoms with Gasteiger partial charge in [0.15, 0.2) is 5.69 Å². The molecule has 18 heavy (non-hydrogen) atoms. The third-order valence-electron chi connectivity index (χ3n) is 2.05. The van der Waals surface area contributed by atoms with Crippen molar-refractivity contribution in [3.8, 4) is 0 Å². The first kappa shape index (κ1) is 12.1. The summed E-state index contributed by atoms with van der Waals surface area (Å²) in [6, 6.07) is 3.30. The number of hydrogen-bond donors (Lipinski definition) is 2. The number of amides is 1. The standard InChI is InChI=1S/C10H6FN3O3S/c11-7-3-5(1-2-6(7)10(16)17)12-9(15)8-4-18-14-13-8/h1-4H,(H,12,15)(H,16,17). The molecule has 2 rings (SSSR count). The summed E-state index contributed by atoms with van der Waals surface area (Å²) in [6.07, 6.45) is 0. The van der Waals surface area contributed by atoms with Crippen LogP contribution in [0.4, 0.5) is 10.1 Å². The van der Waals surface area contributed by atoms with Crippen molar-refractivity contribution in [1.82, 2.24) is 9.59 Å². The molecule has 0 aliphatic heterocycles. The Morgan fingerprint density at radius 2 is 2.17 bits per heavy atom. The molecule has 1 aromatic carbocycles. The Bertz CT molecular complexity index is 600. The molecule has 0 bridgehead atoms. The number of aromatic nitrogens is 2. The predicted molar refractivity (Wildman–Crippen MR) is 61.2 cm³/mol. The minimum absolute atomic E-state index is 0.114. The van der Waals surface area contributed by atoms with Crippen LogP contribution in [0.5, 0.6) is 0 Å². The van der Waals surface area contributed by atoms with Gasteiger partial charge in [0.05, 0.1) is 5.56 Å². The van der Waals surface area contributed by atoms with Crippen LogP contribution in [0, 0.1) is 5.82 Å². The third kappa shape index (κ3) is 2.48. The molecule has 2 N–H and O–H groups in total. The van der Waals surface area contributed by atoms with Crippen LogP contribution < -0.4 is 5.32 Å². The summed E-state index contributed by atoms with van der Waals surface area (Å²) in [7, 11) is 0. The first-order valence-electron chi connectivity index (χ1n) is 4.69. The number of carboxylic acids is 1. The average molecular weight is 267 g/mol. The van der Waals surface area contributed by atoms with Gasteiger partial charge >= 0.3 is 5.97 Å². The zero-order chi connectivity index (χ0) is 13.1. The van der Waals surface area contributed by atoms with Crippen LogP contribution in [0.15, 0.2) is 23.6 Å². The van der Waals surface area contributed by atoms with Crippen LogP contribution >= 0.6 is 11.5 Å². The van der Waals surface area contributed by atoms with E-state index in [9.17, 15) is 14.0 Å². The molecule has 0 aliphatic rings. The minimum Gasteiger partial charge on any atom is -0.478 e. The van der Waals surface area contributed by atoms with Crippen molar-refractivity contribution in [1.29, 1.82) is 0 Å². The maximum absolute atomic E-state index is 13.3. The monoisotopic (exact) mass is 267 g/mol. The Balaban J connectivity index is 2.18. The van der Waals surface area contributed by atoms with Gasteiger partial charge in [0.25, 0.3) is 5.91 Å². The number of hydrogen-bond acceptors (Lipinski definition) is 5. The van der Waals surface area contributed by atoms with E-state index in [4.69, 9.17) is 5.11 Å². The number of nitrogens with one attached hydrogen (secondary N) is 1. The highest BCUT2D eigenvalue weighted by molar-refractivity contribution is 7.03. The van der Waals surface area contributed by atoms with Crippen molar-refractivity contribution in [2.24, 2.45) is 0 Å². The minimum atomic E-state index is -1.37. The Morgan fingerprint density at radius 1 is 1.39 bits per heavy atom. The Kier molecular flexibility index (Phi) is 3.28. The highest BCUT2D eigenvalue weighted by Gasteiger charge is 2.13. The SMILES string of the molecule is O=C(Nc1ccc(C(=O)O)c(F)c1)c1csnn1. The van der Waals surface area contributed by atoms with E-state index in [-0.39, 0.29) is 11.4 Å². The quantitative estimate of drug-likeness (QED) is 0.881. The molecule has 1 heterocycles. The van der Waals surface area contributed by atoms with E-state index >= 15 is 0 Å². The Labute approximate surface area is 104 Å². The number of halogens is 1. The largest absolute Gasteiger partial charge is 0.478 e. The number of carbonyl (C=O) groups excluding carboxylic acids is 1. The molecule has 0 radical (unpaired) electrons. The second kappa shape index (κ2) is 4.88. The second-order valence-corrected chi connectivity index (χ2v) is 3.85. The summed E-state index contributed by atoms with van der Waals surface area (Å²) in [5.41, 5.74) is -0.193. The molecule has 0 aliphatic carbocycles. The van der Waals surface area contributed by atoms with E-state index in [1.54, 1.807) is 0 Å². The maximum Gasteiger partial charge on any atom is 0.338 e. The van der Waals surface area contributed by atoms with Crippen LogP contribution in [0.2, 0.25) is 0 Å². The van der Waals surface area contributed by atoms with Crippen molar-refractivity contribution >= 4 is 29.1 Å². The molecule has 1 aromatic heterocycles. The smallest absolute Gasteiger partial charge is 0.338 e. The molecular weight excluding hydrogens is 261 g/mol. The molecule has 0 unspecified atom stereocenters. The highest BCUT2D eigenvalue weighted by Crippen LogP contribution is 2.15. The molecular formula is C10H6FN3O3S. The molecule has 8 heteroatoms. The zero-order valence-electron chi connectivity index (χ0n) is 8.75. The van der Waals surface area contributed by atoms with Crippen LogP contribution in [0.3, 0.4) is 0 Å². The Hall–Kier alpha value is -2.35. The molecule has 0 fully saturated rings. The number of aromatic carboxylic acids is 1. The maximum atomic E-state index is 13.3. The fourth-order valence-electron chi connectivity index (χ4n) is 1.22. The van der Waals surface area contributed by atoms with Crippen molar-refractivity contribution < 1.29 is 19.1 Å². The molecule has 92 valence electrons. The summed E-state index contributed by atoms with van der Waals surface area (Å²) in [6.45, 7) is 0. The molecule has 0 saturated heterocycles. The molecule has 0 atom stereocenters. The van der Waals surface area contributed by atoms with Gasteiger partial charge < -0.3 is 10.4 Å². The fourth-order valence-corrected chi connectivity index (χ4v) is 1.66. The molecule has 0 saturated carbocycles. The molecule has 0 spiro atoms. The first-order valence-corrected chi connectivity index (χ1v) is 5.53. The number of anilines is 1. The predicted octanol–water partition coefficient (Wildman–Crippen LogP) is 1.63. The normalized spacial score (nSPS) is 10.1. The van der Waals surface area contributed by atoms with Crippen molar-refractivity contribution in [2.75, 3.05) is 5.32 Å². The average Bonchev–Trinajstić information content (AvgIpc) is 2.81. The van der Waals surface area contributed by atoms with Crippen LogP contribution in [0.1, 0.15) is 20.8 Å². The number of nitrogens with zero attached hydrogens (tertiary/aromatic N) is 2. The van der Waals surface area contributed by atoms with Crippen LogP contribution in [-0.2, 0) is 0 Å². The van der Waals surface area contributed by atoms with Gasteiger partial charge in [-0.25, -0.2) is 9.18 Å². The molecule has 2 aromatic rings. The summed E-state index contributed by atoms with van der Waals surface area (Å²) in [5.74, 6) is -2.82. The van der Waals surface area contributed by atoms with Gasteiger partial charge in [-0.1, -0.05) is 4.49 Å². The van der Waals surface area contributed by atoms with Crippen molar-refractivity contribution in [3.63, 3.8) is 0 Å². The molecule has 6 nitrogen and oxygen atoms in total. The highest BCUT2D eigenvalue weighted by atomic mass is 32.1. The lowest BCUT2D eigenvalue weighted by Gasteiger charge is -2.04. The zero-order valence-corrected chi connectivity index (χ0v) is 9.57. The summed E-state index contributed by atoms with van der Waals surface area (Å²) in [4.78, 5) is 22.2. The Morgan fingerprint density at radius 3 is 2.72 bits per heavy atom. The van der Waals surface area contributed by atoms with Gasteiger partial charge in [0, 0.05) is 11.1 Å². The van der Waals surface area contributed by atoms with Gasteiger partial charge in [-0.05, 0) is 29.7 Å².